The molecule has 0 aliphatic rings. The number of nitrogens with zero attached hydrogens (tertiary/aromatic N) is 4. The number of rotatable bonds is 6. The zero-order chi connectivity index (χ0) is 20.8. The topological polar surface area (TPSA) is 102 Å². The third kappa shape index (κ3) is 4.92. The molecular formula is C20H15FN6O2S. The molecule has 2 N–H and O–H groups in total. The number of halogens is 1. The van der Waals surface area contributed by atoms with E-state index in [1.807, 2.05) is 30.3 Å². The number of urea groups is 1. The van der Waals surface area contributed by atoms with Gasteiger partial charge in [-0.3, -0.25) is 10.3 Å². The molecule has 2 aromatic carbocycles. The number of hydrogen-bond acceptors (Lipinski definition) is 7. The van der Waals surface area contributed by atoms with E-state index in [1.165, 1.54) is 48.1 Å². The van der Waals surface area contributed by atoms with Gasteiger partial charge in [0.2, 0.25) is 11.0 Å². The minimum absolute atomic E-state index is 0.0570. The number of amides is 2. The Morgan fingerprint density at radius 2 is 1.93 bits per heavy atom. The van der Waals surface area contributed by atoms with Crippen molar-refractivity contribution in [1.82, 2.24) is 20.2 Å². The van der Waals surface area contributed by atoms with Gasteiger partial charge < -0.3 is 10.1 Å². The minimum Gasteiger partial charge on any atom is -0.472 e. The number of aromatic nitrogens is 4. The Morgan fingerprint density at radius 1 is 1.07 bits per heavy atom. The first-order valence-corrected chi connectivity index (χ1v) is 9.63. The van der Waals surface area contributed by atoms with Crippen molar-refractivity contribution in [3.05, 3.63) is 78.5 Å². The fourth-order valence-electron chi connectivity index (χ4n) is 2.51. The van der Waals surface area contributed by atoms with Crippen molar-refractivity contribution in [2.75, 3.05) is 10.6 Å². The molecule has 4 aromatic rings. The lowest BCUT2D eigenvalue weighted by Gasteiger charge is -2.09. The van der Waals surface area contributed by atoms with E-state index in [4.69, 9.17) is 4.74 Å². The molecule has 8 nitrogen and oxygen atoms in total. The van der Waals surface area contributed by atoms with Gasteiger partial charge in [0.15, 0.2) is 0 Å². The van der Waals surface area contributed by atoms with Gasteiger partial charge in [-0.15, -0.1) is 10.2 Å². The van der Waals surface area contributed by atoms with Gasteiger partial charge in [0, 0.05) is 29.2 Å². The summed E-state index contributed by atoms with van der Waals surface area (Å²) >= 11 is 1.25. The second kappa shape index (κ2) is 9.05. The zero-order valence-electron chi connectivity index (χ0n) is 15.4. The molecule has 10 heteroatoms. The molecule has 150 valence electrons. The molecule has 0 atom stereocenters. The number of carbonyl (C=O) groups is 1. The van der Waals surface area contributed by atoms with E-state index >= 15 is 0 Å². The van der Waals surface area contributed by atoms with E-state index in [9.17, 15) is 9.18 Å². The number of benzene rings is 2. The predicted molar refractivity (Wildman–Crippen MR) is 111 cm³/mol. The maximum atomic E-state index is 14.1. The van der Waals surface area contributed by atoms with Crippen molar-refractivity contribution < 1.29 is 13.9 Å². The summed E-state index contributed by atoms with van der Waals surface area (Å²) in [4.78, 5) is 20.1. The number of ether oxygens (including phenoxy) is 1. The van der Waals surface area contributed by atoms with E-state index in [0.29, 0.717) is 15.8 Å². The Bertz CT molecular complexity index is 1140. The summed E-state index contributed by atoms with van der Waals surface area (Å²) in [5.74, 6) is -0.181. The molecule has 0 spiro atoms. The maximum absolute atomic E-state index is 14.1. The SMILES string of the molecule is O=C(Nc1ccc(F)c(COc2cnccn2)c1)Nc1nnc(-c2ccccc2)s1. The third-order valence-corrected chi connectivity index (χ3v) is 4.77. The molecule has 0 unspecified atom stereocenters. The van der Waals surface area contributed by atoms with Crippen LogP contribution >= 0.6 is 11.3 Å². The average Bonchev–Trinajstić information content (AvgIpc) is 3.24. The standard InChI is InChI=1S/C20H15FN6O2S/c21-16-7-6-15(10-14(16)12-29-17-11-22-8-9-23-17)24-19(28)25-20-27-26-18(30-20)13-4-2-1-3-5-13/h1-11H,12H2,(H2,24,25,27,28). The molecule has 0 saturated carbocycles. The van der Waals surface area contributed by atoms with Crippen molar-refractivity contribution in [3.63, 3.8) is 0 Å². The summed E-state index contributed by atoms with van der Waals surface area (Å²) in [6.07, 6.45) is 4.42. The van der Waals surface area contributed by atoms with Crippen molar-refractivity contribution in [3.8, 4) is 16.5 Å². The van der Waals surface area contributed by atoms with Crippen molar-refractivity contribution in [1.29, 1.82) is 0 Å². The van der Waals surface area contributed by atoms with Gasteiger partial charge >= 0.3 is 6.03 Å². The smallest absolute Gasteiger partial charge is 0.325 e. The first kappa shape index (κ1) is 19.4. The van der Waals surface area contributed by atoms with E-state index in [-0.39, 0.29) is 18.1 Å². The molecule has 0 saturated heterocycles. The summed E-state index contributed by atoms with van der Waals surface area (Å²) in [5.41, 5.74) is 1.58. The maximum Gasteiger partial charge on any atom is 0.325 e. The van der Waals surface area contributed by atoms with Gasteiger partial charge in [0.25, 0.3) is 0 Å². The molecule has 4 rings (SSSR count). The fourth-order valence-corrected chi connectivity index (χ4v) is 3.25. The van der Waals surface area contributed by atoms with Crippen LogP contribution in [0.25, 0.3) is 10.6 Å². The van der Waals surface area contributed by atoms with Crippen LogP contribution in [0, 0.1) is 5.82 Å². The van der Waals surface area contributed by atoms with Gasteiger partial charge in [-0.2, -0.15) is 0 Å². The van der Waals surface area contributed by atoms with Crippen LogP contribution in [0.4, 0.5) is 20.0 Å². The quantitative estimate of drug-likeness (QED) is 0.479. The first-order valence-electron chi connectivity index (χ1n) is 8.81. The summed E-state index contributed by atoms with van der Waals surface area (Å²) in [6, 6.07) is 13.2. The largest absolute Gasteiger partial charge is 0.472 e. The summed E-state index contributed by atoms with van der Waals surface area (Å²) in [6.45, 7) is -0.0570. The summed E-state index contributed by atoms with van der Waals surface area (Å²) in [7, 11) is 0. The van der Waals surface area contributed by atoms with Crippen LogP contribution in [-0.2, 0) is 6.61 Å². The number of carbonyl (C=O) groups excluding carboxylic acids is 1. The van der Waals surface area contributed by atoms with Crippen LogP contribution in [0.15, 0.2) is 67.1 Å². The fraction of sp³-hybridized carbons (Fsp3) is 0.0500. The Balaban J connectivity index is 1.38. The van der Waals surface area contributed by atoms with Gasteiger partial charge in [0.05, 0.1) is 6.20 Å². The van der Waals surface area contributed by atoms with Gasteiger partial charge in [-0.1, -0.05) is 41.7 Å². The molecule has 2 aromatic heterocycles. The highest BCUT2D eigenvalue weighted by Gasteiger charge is 2.11. The highest BCUT2D eigenvalue weighted by molar-refractivity contribution is 7.18. The third-order valence-electron chi connectivity index (χ3n) is 3.88. The zero-order valence-corrected chi connectivity index (χ0v) is 16.3. The van der Waals surface area contributed by atoms with Crippen molar-refractivity contribution in [2.24, 2.45) is 0 Å². The Morgan fingerprint density at radius 3 is 2.73 bits per heavy atom. The Kier molecular flexibility index (Phi) is 5.85. The predicted octanol–water partition coefficient (Wildman–Crippen LogP) is 4.36. The second-order valence-electron chi connectivity index (χ2n) is 6.00. The lowest BCUT2D eigenvalue weighted by atomic mass is 10.2. The molecular weight excluding hydrogens is 407 g/mol. The van der Waals surface area contributed by atoms with Gasteiger partial charge in [-0.05, 0) is 18.2 Å². The van der Waals surface area contributed by atoms with Crippen molar-refractivity contribution >= 4 is 28.2 Å². The second-order valence-corrected chi connectivity index (χ2v) is 6.97. The van der Waals surface area contributed by atoms with Crippen LogP contribution < -0.4 is 15.4 Å². The number of anilines is 2. The van der Waals surface area contributed by atoms with E-state index < -0.39 is 11.8 Å². The molecule has 2 heterocycles. The van der Waals surface area contributed by atoms with Crippen LogP contribution in [-0.4, -0.2) is 26.2 Å². The normalized spacial score (nSPS) is 10.4. The number of hydrogen-bond donors (Lipinski definition) is 2. The molecule has 0 bridgehead atoms. The monoisotopic (exact) mass is 422 g/mol. The molecule has 0 radical (unpaired) electrons. The Hall–Kier alpha value is -3.92. The Labute approximate surface area is 174 Å². The minimum atomic E-state index is -0.516. The molecule has 30 heavy (non-hydrogen) atoms. The lowest BCUT2D eigenvalue weighted by molar-refractivity contribution is 0.262. The summed E-state index contributed by atoms with van der Waals surface area (Å²) in [5, 5.41) is 14.4. The van der Waals surface area contributed by atoms with E-state index in [1.54, 1.807) is 0 Å². The molecule has 0 aliphatic carbocycles. The highest BCUT2D eigenvalue weighted by atomic mass is 32.1. The average molecular weight is 422 g/mol. The van der Waals surface area contributed by atoms with Crippen LogP contribution in [0.5, 0.6) is 5.88 Å². The van der Waals surface area contributed by atoms with E-state index in [0.717, 1.165) is 5.56 Å². The van der Waals surface area contributed by atoms with Gasteiger partial charge in [0.1, 0.15) is 17.4 Å². The van der Waals surface area contributed by atoms with E-state index in [2.05, 4.69) is 30.8 Å². The lowest BCUT2D eigenvalue weighted by Crippen LogP contribution is -2.19. The summed E-state index contributed by atoms with van der Waals surface area (Å²) < 4.78 is 19.5. The molecule has 0 fully saturated rings. The van der Waals surface area contributed by atoms with Crippen molar-refractivity contribution in [2.45, 2.75) is 6.61 Å². The van der Waals surface area contributed by atoms with Crippen LogP contribution in [0.2, 0.25) is 0 Å². The van der Waals surface area contributed by atoms with Crippen LogP contribution in [0.3, 0.4) is 0 Å². The highest BCUT2D eigenvalue weighted by Crippen LogP contribution is 2.26. The molecule has 0 aliphatic heterocycles. The molecule has 2 amide bonds. The number of nitrogens with one attached hydrogen (secondary N) is 2. The van der Waals surface area contributed by atoms with Crippen LogP contribution in [0.1, 0.15) is 5.56 Å². The van der Waals surface area contributed by atoms with Gasteiger partial charge in [-0.25, -0.2) is 14.2 Å². The first-order chi connectivity index (χ1) is 14.7.